The molecule has 0 amide bonds. The van der Waals surface area contributed by atoms with Crippen LogP contribution < -0.4 is 10.5 Å². The van der Waals surface area contributed by atoms with Crippen LogP contribution in [0.2, 0.25) is 0 Å². The van der Waals surface area contributed by atoms with Gasteiger partial charge >= 0.3 is 0 Å². The zero-order valence-electron chi connectivity index (χ0n) is 5.99. The van der Waals surface area contributed by atoms with Gasteiger partial charge in [0.2, 0.25) is 0 Å². The summed E-state index contributed by atoms with van der Waals surface area (Å²) >= 11 is 3.21. The van der Waals surface area contributed by atoms with Crippen LogP contribution >= 0.6 is 23.7 Å². The Hall–Kier alpha value is 0.100. The lowest BCUT2D eigenvalue weighted by molar-refractivity contribution is 0.656. The molecule has 3 N–H and O–H groups in total. The molecular weight excluding hydrogens is 176 g/mol. The molecule has 2 unspecified atom stereocenters. The standard InChI is InChI=1S/C7H10N2S2/c8-11-7-9-5-3-1-2-4-6(5)10-7/h1-2,4-5,7,9H,3,8H2. The van der Waals surface area contributed by atoms with Crippen LogP contribution in [0.25, 0.3) is 0 Å². The minimum atomic E-state index is 0.353. The third-order valence-corrected chi connectivity index (χ3v) is 3.86. The van der Waals surface area contributed by atoms with Gasteiger partial charge in [-0.3, -0.25) is 10.5 Å². The molecule has 0 spiro atoms. The SMILES string of the molecule is NSC1NC2CC=CC=C2S1. The fourth-order valence-electron chi connectivity index (χ4n) is 1.27. The molecule has 0 aromatic heterocycles. The molecule has 4 heteroatoms. The average Bonchev–Trinajstić information content (AvgIpc) is 2.46. The lowest BCUT2D eigenvalue weighted by Crippen LogP contribution is -2.28. The molecule has 1 aliphatic carbocycles. The Morgan fingerprint density at radius 1 is 1.73 bits per heavy atom. The Bertz CT molecular complexity index is 212. The number of thioether (sulfide) groups is 1. The van der Waals surface area contributed by atoms with Gasteiger partial charge in [-0.15, -0.1) is 0 Å². The van der Waals surface area contributed by atoms with Crippen LogP contribution in [-0.2, 0) is 0 Å². The van der Waals surface area contributed by atoms with E-state index in [0.29, 0.717) is 10.7 Å². The van der Waals surface area contributed by atoms with Gasteiger partial charge in [0, 0.05) is 10.9 Å². The summed E-state index contributed by atoms with van der Waals surface area (Å²) in [5.41, 5.74) is 0. The zero-order chi connectivity index (χ0) is 7.68. The first-order valence-electron chi connectivity index (χ1n) is 3.55. The number of nitrogens with two attached hydrogens (primary N) is 1. The normalized spacial score (nSPS) is 35.2. The largest absolute Gasteiger partial charge is 0.288 e. The van der Waals surface area contributed by atoms with Gasteiger partial charge in [-0.2, -0.15) is 0 Å². The van der Waals surface area contributed by atoms with Gasteiger partial charge in [0.25, 0.3) is 0 Å². The minimum Gasteiger partial charge on any atom is -0.288 e. The van der Waals surface area contributed by atoms with Crippen molar-refractivity contribution in [3.8, 4) is 0 Å². The van der Waals surface area contributed by atoms with Crippen LogP contribution in [0.5, 0.6) is 0 Å². The van der Waals surface area contributed by atoms with E-state index in [9.17, 15) is 0 Å². The molecule has 1 saturated heterocycles. The molecule has 11 heavy (non-hydrogen) atoms. The van der Waals surface area contributed by atoms with Crippen molar-refractivity contribution in [1.82, 2.24) is 5.32 Å². The maximum absolute atomic E-state index is 5.47. The van der Waals surface area contributed by atoms with E-state index in [1.165, 1.54) is 16.9 Å². The van der Waals surface area contributed by atoms with E-state index >= 15 is 0 Å². The van der Waals surface area contributed by atoms with Crippen LogP contribution in [0.3, 0.4) is 0 Å². The van der Waals surface area contributed by atoms with E-state index in [2.05, 4.69) is 23.5 Å². The lowest BCUT2D eigenvalue weighted by atomic mass is 10.1. The van der Waals surface area contributed by atoms with E-state index in [1.807, 2.05) is 11.8 Å². The summed E-state index contributed by atoms with van der Waals surface area (Å²) in [6.07, 6.45) is 7.58. The molecule has 2 rings (SSSR count). The van der Waals surface area contributed by atoms with Gasteiger partial charge in [0.05, 0.1) is 0 Å². The van der Waals surface area contributed by atoms with Crippen LogP contribution in [-0.4, -0.2) is 10.7 Å². The summed E-state index contributed by atoms with van der Waals surface area (Å²) in [6.45, 7) is 0. The number of allylic oxidation sites excluding steroid dienone is 2. The second kappa shape index (κ2) is 3.23. The first-order chi connectivity index (χ1) is 5.40. The third-order valence-electron chi connectivity index (χ3n) is 1.82. The van der Waals surface area contributed by atoms with Crippen molar-refractivity contribution in [3.63, 3.8) is 0 Å². The van der Waals surface area contributed by atoms with E-state index in [4.69, 9.17) is 5.14 Å². The van der Waals surface area contributed by atoms with Gasteiger partial charge in [-0.05, 0) is 6.42 Å². The number of rotatable bonds is 1. The topological polar surface area (TPSA) is 38.0 Å². The molecule has 1 fully saturated rings. The number of hydrogen-bond acceptors (Lipinski definition) is 4. The number of hydrogen-bond donors (Lipinski definition) is 2. The maximum Gasteiger partial charge on any atom is 0.119 e. The molecule has 60 valence electrons. The number of nitrogens with one attached hydrogen (secondary N) is 1. The highest BCUT2D eigenvalue weighted by molar-refractivity contribution is 8.18. The third kappa shape index (κ3) is 1.49. The van der Waals surface area contributed by atoms with Gasteiger partial charge < -0.3 is 0 Å². The van der Waals surface area contributed by atoms with Gasteiger partial charge in [-0.25, -0.2) is 0 Å². The Kier molecular flexibility index (Phi) is 2.27. The molecule has 1 aliphatic heterocycles. The highest BCUT2D eigenvalue weighted by atomic mass is 32.2. The predicted octanol–water partition coefficient (Wildman–Crippen LogP) is 1.43. The van der Waals surface area contributed by atoms with Crippen LogP contribution in [0.4, 0.5) is 0 Å². The quantitative estimate of drug-likeness (QED) is 0.608. The summed E-state index contributed by atoms with van der Waals surface area (Å²) in [6, 6.07) is 0.533. The lowest BCUT2D eigenvalue weighted by Gasteiger charge is -2.11. The summed E-state index contributed by atoms with van der Waals surface area (Å²) in [5.74, 6) is 0. The predicted molar refractivity (Wildman–Crippen MR) is 51.9 cm³/mol. The molecule has 0 radical (unpaired) electrons. The molecule has 1 heterocycles. The first kappa shape index (κ1) is 7.73. The Morgan fingerprint density at radius 2 is 2.64 bits per heavy atom. The highest BCUT2D eigenvalue weighted by Crippen LogP contribution is 2.37. The van der Waals surface area contributed by atoms with Crippen molar-refractivity contribution in [2.75, 3.05) is 0 Å². The van der Waals surface area contributed by atoms with E-state index in [1.54, 1.807) is 0 Å². The van der Waals surface area contributed by atoms with E-state index in [-0.39, 0.29) is 0 Å². The van der Waals surface area contributed by atoms with Crippen molar-refractivity contribution in [1.29, 1.82) is 0 Å². The second-order valence-electron chi connectivity index (χ2n) is 2.54. The summed E-state index contributed by atoms with van der Waals surface area (Å²) < 4.78 is 0.353. The molecule has 0 aromatic rings. The van der Waals surface area contributed by atoms with E-state index in [0.717, 1.165) is 6.42 Å². The van der Waals surface area contributed by atoms with Gasteiger partial charge in [0.1, 0.15) is 4.71 Å². The van der Waals surface area contributed by atoms with Crippen LogP contribution in [0.15, 0.2) is 23.1 Å². The van der Waals surface area contributed by atoms with Crippen molar-refractivity contribution >= 4 is 23.7 Å². The molecule has 0 aromatic carbocycles. The van der Waals surface area contributed by atoms with Crippen LogP contribution in [0.1, 0.15) is 6.42 Å². The Balaban J connectivity index is 2.09. The fourth-order valence-corrected chi connectivity index (χ4v) is 3.03. The number of fused-ring (bicyclic) bond motifs is 1. The van der Waals surface area contributed by atoms with Crippen molar-refractivity contribution in [3.05, 3.63) is 23.1 Å². The highest BCUT2D eigenvalue weighted by Gasteiger charge is 2.28. The molecule has 2 aliphatic rings. The smallest absolute Gasteiger partial charge is 0.119 e. The van der Waals surface area contributed by atoms with Crippen molar-refractivity contribution < 1.29 is 0 Å². The minimum absolute atomic E-state index is 0.353. The Morgan fingerprint density at radius 3 is 3.36 bits per heavy atom. The van der Waals surface area contributed by atoms with Crippen molar-refractivity contribution in [2.45, 2.75) is 17.2 Å². The summed E-state index contributed by atoms with van der Waals surface area (Å²) in [4.78, 5) is 1.43. The monoisotopic (exact) mass is 186 g/mol. The molecule has 0 saturated carbocycles. The van der Waals surface area contributed by atoms with Gasteiger partial charge in [-0.1, -0.05) is 41.9 Å². The maximum atomic E-state index is 5.47. The zero-order valence-corrected chi connectivity index (χ0v) is 7.62. The first-order valence-corrected chi connectivity index (χ1v) is 5.37. The molecule has 0 bridgehead atoms. The van der Waals surface area contributed by atoms with Crippen LogP contribution in [0, 0.1) is 0 Å². The molecule has 2 atom stereocenters. The molecule has 2 nitrogen and oxygen atoms in total. The average molecular weight is 186 g/mol. The van der Waals surface area contributed by atoms with Gasteiger partial charge in [0.15, 0.2) is 0 Å². The Labute approximate surface area is 74.8 Å². The summed E-state index contributed by atoms with van der Waals surface area (Å²) in [5, 5.41) is 8.90. The second-order valence-corrected chi connectivity index (χ2v) is 4.76. The van der Waals surface area contributed by atoms with E-state index < -0.39 is 0 Å². The fraction of sp³-hybridized carbons (Fsp3) is 0.429. The molecular formula is C7H10N2S2. The summed E-state index contributed by atoms with van der Waals surface area (Å²) in [7, 11) is 0. The van der Waals surface area contributed by atoms with Crippen molar-refractivity contribution in [2.24, 2.45) is 5.14 Å².